The predicted octanol–water partition coefficient (Wildman–Crippen LogP) is 4.05. The molecule has 0 saturated carbocycles. The summed E-state index contributed by atoms with van der Waals surface area (Å²) in [6.07, 6.45) is 2.25. The lowest BCUT2D eigenvalue weighted by Gasteiger charge is -2.18. The summed E-state index contributed by atoms with van der Waals surface area (Å²) in [4.78, 5) is 0. The normalized spacial score (nSPS) is 13.2. The van der Waals surface area contributed by atoms with E-state index in [2.05, 4.69) is 20.8 Å². The minimum absolute atomic E-state index is 0.147. The summed E-state index contributed by atoms with van der Waals surface area (Å²) >= 11 is 0. The monoisotopic (exact) mass is 194 g/mol. The average molecular weight is 194 g/mol. The second kappa shape index (κ2) is 5.14. The molecule has 14 heavy (non-hydrogen) atoms. The summed E-state index contributed by atoms with van der Waals surface area (Å²) in [6, 6.07) is 6.87. The molecule has 0 bridgehead atoms. The van der Waals surface area contributed by atoms with E-state index in [-0.39, 0.29) is 5.82 Å². The van der Waals surface area contributed by atoms with Gasteiger partial charge in [-0.05, 0) is 36.0 Å². The van der Waals surface area contributed by atoms with Gasteiger partial charge in [-0.2, -0.15) is 0 Å². The molecule has 0 fully saturated rings. The average Bonchev–Trinajstić information content (AvgIpc) is 2.16. The van der Waals surface area contributed by atoms with Crippen molar-refractivity contribution in [2.45, 2.75) is 33.6 Å². The second-order valence-corrected chi connectivity index (χ2v) is 4.24. The zero-order chi connectivity index (χ0) is 10.6. The van der Waals surface area contributed by atoms with E-state index < -0.39 is 0 Å². The van der Waals surface area contributed by atoms with E-state index in [9.17, 15) is 4.39 Å². The van der Waals surface area contributed by atoms with E-state index in [0.29, 0.717) is 11.8 Å². The Balaban J connectivity index is 2.63. The number of benzene rings is 1. The molecule has 1 rings (SSSR count). The van der Waals surface area contributed by atoms with Crippen molar-refractivity contribution in [2.75, 3.05) is 0 Å². The third-order valence-corrected chi connectivity index (χ3v) is 2.88. The quantitative estimate of drug-likeness (QED) is 0.678. The number of halogens is 1. The summed E-state index contributed by atoms with van der Waals surface area (Å²) < 4.78 is 12.7. The van der Waals surface area contributed by atoms with Crippen molar-refractivity contribution in [1.29, 1.82) is 0 Å². The molecule has 78 valence electrons. The lowest BCUT2D eigenvalue weighted by molar-refractivity contribution is 0.371. The maximum atomic E-state index is 12.7. The Hall–Kier alpha value is -0.850. The molecule has 0 radical (unpaired) electrons. The highest BCUT2D eigenvalue weighted by Gasteiger charge is 2.11. The van der Waals surface area contributed by atoms with Crippen LogP contribution in [0, 0.1) is 17.7 Å². The van der Waals surface area contributed by atoms with Gasteiger partial charge in [-0.1, -0.05) is 39.3 Å². The lowest BCUT2D eigenvalue weighted by Crippen LogP contribution is -2.10. The van der Waals surface area contributed by atoms with Crippen LogP contribution in [0.25, 0.3) is 0 Å². The Labute approximate surface area is 86.2 Å². The molecule has 0 heterocycles. The van der Waals surface area contributed by atoms with Crippen molar-refractivity contribution in [2.24, 2.45) is 11.8 Å². The molecule has 0 aliphatic heterocycles. The molecule has 1 aromatic rings. The first-order valence-corrected chi connectivity index (χ1v) is 5.38. The van der Waals surface area contributed by atoms with Crippen molar-refractivity contribution in [3.63, 3.8) is 0 Å². The van der Waals surface area contributed by atoms with Gasteiger partial charge in [-0.25, -0.2) is 4.39 Å². The molecule has 0 saturated heterocycles. The SMILES string of the molecule is CCC(Cc1ccc(F)cc1)C(C)C. The highest BCUT2D eigenvalue weighted by molar-refractivity contribution is 5.16. The smallest absolute Gasteiger partial charge is 0.123 e. The third kappa shape index (κ3) is 3.13. The van der Waals surface area contributed by atoms with E-state index in [0.717, 1.165) is 6.42 Å². The van der Waals surface area contributed by atoms with Crippen molar-refractivity contribution < 1.29 is 4.39 Å². The van der Waals surface area contributed by atoms with Crippen molar-refractivity contribution >= 4 is 0 Å². The van der Waals surface area contributed by atoms with E-state index >= 15 is 0 Å². The van der Waals surface area contributed by atoms with Crippen LogP contribution in [0.3, 0.4) is 0 Å². The van der Waals surface area contributed by atoms with Gasteiger partial charge in [0.2, 0.25) is 0 Å². The molecule has 1 heteroatoms. The molecule has 1 atom stereocenters. The number of rotatable bonds is 4. The summed E-state index contributed by atoms with van der Waals surface area (Å²) in [5.41, 5.74) is 1.24. The Morgan fingerprint density at radius 1 is 1.14 bits per heavy atom. The van der Waals surface area contributed by atoms with Gasteiger partial charge in [0, 0.05) is 0 Å². The zero-order valence-corrected chi connectivity index (χ0v) is 9.26. The largest absolute Gasteiger partial charge is 0.207 e. The first-order valence-electron chi connectivity index (χ1n) is 5.38. The van der Waals surface area contributed by atoms with Crippen molar-refractivity contribution in [3.8, 4) is 0 Å². The summed E-state index contributed by atoms with van der Waals surface area (Å²) in [5, 5.41) is 0. The molecule has 0 aliphatic carbocycles. The van der Waals surface area contributed by atoms with Gasteiger partial charge in [0.05, 0.1) is 0 Å². The molecule has 0 aliphatic rings. The maximum absolute atomic E-state index is 12.7. The zero-order valence-electron chi connectivity index (χ0n) is 9.26. The molecule has 0 aromatic heterocycles. The highest BCUT2D eigenvalue weighted by atomic mass is 19.1. The van der Waals surface area contributed by atoms with Crippen LogP contribution in [-0.2, 0) is 6.42 Å². The molecule has 0 spiro atoms. The first kappa shape index (κ1) is 11.2. The molecular weight excluding hydrogens is 175 g/mol. The van der Waals surface area contributed by atoms with Crippen LogP contribution >= 0.6 is 0 Å². The predicted molar refractivity (Wildman–Crippen MR) is 58.7 cm³/mol. The summed E-state index contributed by atoms with van der Waals surface area (Å²) in [5.74, 6) is 1.26. The molecule has 0 amide bonds. The number of hydrogen-bond acceptors (Lipinski definition) is 0. The maximum Gasteiger partial charge on any atom is 0.123 e. The molecular formula is C13H19F. The standard InChI is InChI=1S/C13H19F/c1-4-12(10(2)3)9-11-5-7-13(14)8-6-11/h5-8,10,12H,4,9H2,1-3H3. The van der Waals surface area contributed by atoms with Crippen LogP contribution in [0.4, 0.5) is 4.39 Å². The highest BCUT2D eigenvalue weighted by Crippen LogP contribution is 2.20. The van der Waals surface area contributed by atoms with Crippen LogP contribution < -0.4 is 0 Å². The molecule has 0 nitrogen and oxygen atoms in total. The van der Waals surface area contributed by atoms with Crippen LogP contribution in [0.5, 0.6) is 0 Å². The third-order valence-electron chi connectivity index (χ3n) is 2.88. The van der Waals surface area contributed by atoms with Crippen LogP contribution in [0.2, 0.25) is 0 Å². The Morgan fingerprint density at radius 2 is 1.71 bits per heavy atom. The van der Waals surface area contributed by atoms with Gasteiger partial charge in [0.15, 0.2) is 0 Å². The van der Waals surface area contributed by atoms with Crippen molar-refractivity contribution in [3.05, 3.63) is 35.6 Å². The van der Waals surface area contributed by atoms with Gasteiger partial charge in [-0.3, -0.25) is 0 Å². The first-order chi connectivity index (χ1) is 6.63. The topological polar surface area (TPSA) is 0 Å². The second-order valence-electron chi connectivity index (χ2n) is 4.24. The minimum atomic E-state index is -0.147. The van der Waals surface area contributed by atoms with Gasteiger partial charge < -0.3 is 0 Å². The fourth-order valence-electron chi connectivity index (χ4n) is 1.77. The van der Waals surface area contributed by atoms with Gasteiger partial charge in [-0.15, -0.1) is 0 Å². The fourth-order valence-corrected chi connectivity index (χ4v) is 1.77. The lowest BCUT2D eigenvalue weighted by atomic mass is 9.87. The van der Waals surface area contributed by atoms with E-state index in [1.807, 2.05) is 12.1 Å². The van der Waals surface area contributed by atoms with Gasteiger partial charge in [0.25, 0.3) is 0 Å². The Morgan fingerprint density at radius 3 is 2.14 bits per heavy atom. The van der Waals surface area contributed by atoms with Crippen molar-refractivity contribution in [1.82, 2.24) is 0 Å². The van der Waals surface area contributed by atoms with E-state index in [4.69, 9.17) is 0 Å². The van der Waals surface area contributed by atoms with E-state index in [1.165, 1.54) is 12.0 Å². The fraction of sp³-hybridized carbons (Fsp3) is 0.538. The molecule has 0 N–H and O–H groups in total. The van der Waals surface area contributed by atoms with E-state index in [1.54, 1.807) is 12.1 Å². The van der Waals surface area contributed by atoms with Gasteiger partial charge in [0.1, 0.15) is 5.82 Å². The van der Waals surface area contributed by atoms with Crippen LogP contribution in [0.1, 0.15) is 32.8 Å². The van der Waals surface area contributed by atoms with Crippen LogP contribution in [-0.4, -0.2) is 0 Å². The Kier molecular flexibility index (Phi) is 4.12. The molecule has 1 aromatic carbocycles. The Bertz CT molecular complexity index is 261. The number of hydrogen-bond donors (Lipinski definition) is 0. The van der Waals surface area contributed by atoms with Gasteiger partial charge >= 0.3 is 0 Å². The van der Waals surface area contributed by atoms with Crippen LogP contribution in [0.15, 0.2) is 24.3 Å². The summed E-state index contributed by atoms with van der Waals surface area (Å²) in [7, 11) is 0. The minimum Gasteiger partial charge on any atom is -0.207 e. The molecule has 1 unspecified atom stereocenters. The summed E-state index contributed by atoms with van der Waals surface area (Å²) in [6.45, 7) is 6.71.